The molecule has 1 heterocycles. The molecule has 1 N–H and O–H groups in total. The van der Waals surface area contributed by atoms with E-state index in [0.29, 0.717) is 6.42 Å². The van der Waals surface area contributed by atoms with Crippen molar-refractivity contribution in [3.63, 3.8) is 0 Å². The lowest BCUT2D eigenvalue weighted by Gasteiger charge is -2.26. The monoisotopic (exact) mass is 306 g/mol. The predicted molar refractivity (Wildman–Crippen MR) is 90.5 cm³/mol. The number of carbonyl (C=O) groups is 1. The molecule has 21 heavy (non-hydrogen) atoms. The fourth-order valence-electron chi connectivity index (χ4n) is 2.53. The summed E-state index contributed by atoms with van der Waals surface area (Å²) in [5.41, 5.74) is 2.09. The number of ketones is 1. The van der Waals surface area contributed by atoms with Crippen molar-refractivity contribution in [1.29, 1.82) is 0 Å². The van der Waals surface area contributed by atoms with Gasteiger partial charge in [-0.3, -0.25) is 4.79 Å². The van der Waals surface area contributed by atoms with Crippen LogP contribution in [0.4, 0.5) is 0 Å². The summed E-state index contributed by atoms with van der Waals surface area (Å²) in [4.78, 5) is 16.1. The number of thioether (sulfide) groups is 1. The second-order valence-electron chi connectivity index (χ2n) is 5.61. The summed E-state index contributed by atoms with van der Waals surface area (Å²) in [5, 5.41) is 3.34. The van der Waals surface area contributed by atoms with Crippen LogP contribution in [-0.4, -0.2) is 49.2 Å². The van der Waals surface area contributed by atoms with Crippen molar-refractivity contribution >= 4 is 17.5 Å². The lowest BCUT2D eigenvalue weighted by Crippen LogP contribution is -2.44. The van der Waals surface area contributed by atoms with Crippen molar-refractivity contribution in [3.8, 4) is 0 Å². The molecule has 0 saturated carbocycles. The summed E-state index contributed by atoms with van der Waals surface area (Å²) in [5.74, 6) is 1.36. The summed E-state index contributed by atoms with van der Waals surface area (Å²) in [6.45, 7) is 9.30. The normalized spacial score (nSPS) is 16.1. The maximum atomic E-state index is 12.6. The van der Waals surface area contributed by atoms with Gasteiger partial charge in [0.05, 0.1) is 0 Å². The van der Waals surface area contributed by atoms with Crippen molar-refractivity contribution in [2.45, 2.75) is 31.6 Å². The number of rotatable bonds is 7. The Morgan fingerprint density at radius 2 is 2.10 bits per heavy atom. The van der Waals surface area contributed by atoms with Crippen LogP contribution in [0.15, 0.2) is 23.1 Å². The van der Waals surface area contributed by atoms with Gasteiger partial charge in [-0.05, 0) is 31.2 Å². The third kappa shape index (κ3) is 5.13. The number of carbonyl (C=O) groups excluding carboxylic acids is 1. The van der Waals surface area contributed by atoms with E-state index in [1.165, 1.54) is 5.56 Å². The zero-order chi connectivity index (χ0) is 15.1. The fraction of sp³-hybridized carbons (Fsp3) is 0.588. The molecule has 1 saturated heterocycles. The molecule has 0 amide bonds. The van der Waals surface area contributed by atoms with Crippen molar-refractivity contribution < 1.29 is 4.79 Å². The van der Waals surface area contributed by atoms with Crippen LogP contribution in [0, 0.1) is 6.92 Å². The van der Waals surface area contributed by atoms with Crippen LogP contribution in [0.5, 0.6) is 0 Å². The van der Waals surface area contributed by atoms with Gasteiger partial charge in [0.15, 0.2) is 5.78 Å². The molecule has 0 radical (unpaired) electrons. The van der Waals surface area contributed by atoms with E-state index in [1.807, 2.05) is 0 Å². The summed E-state index contributed by atoms with van der Waals surface area (Å²) in [6.07, 6.45) is 1.76. The number of benzene rings is 1. The van der Waals surface area contributed by atoms with Crippen molar-refractivity contribution in [1.82, 2.24) is 10.2 Å². The minimum atomic E-state index is 0.288. The third-order valence-electron chi connectivity index (χ3n) is 3.76. The van der Waals surface area contributed by atoms with E-state index in [-0.39, 0.29) is 5.78 Å². The molecule has 0 aromatic heterocycles. The topological polar surface area (TPSA) is 32.3 Å². The smallest absolute Gasteiger partial charge is 0.165 e. The molecule has 0 atom stereocenters. The van der Waals surface area contributed by atoms with E-state index in [1.54, 1.807) is 11.8 Å². The highest BCUT2D eigenvalue weighted by Crippen LogP contribution is 2.25. The Hall–Kier alpha value is -0.840. The van der Waals surface area contributed by atoms with Gasteiger partial charge in [-0.25, -0.2) is 0 Å². The lowest BCUT2D eigenvalue weighted by molar-refractivity contribution is 0.0957. The molecule has 0 bridgehead atoms. The minimum absolute atomic E-state index is 0.288. The Kier molecular flexibility index (Phi) is 6.74. The van der Waals surface area contributed by atoms with Crippen molar-refractivity contribution in [2.75, 3.05) is 38.5 Å². The molecular formula is C17H26N2OS. The van der Waals surface area contributed by atoms with Crippen LogP contribution in [0.1, 0.15) is 35.7 Å². The highest BCUT2D eigenvalue weighted by atomic mass is 32.2. The lowest BCUT2D eigenvalue weighted by atomic mass is 10.1. The Morgan fingerprint density at radius 1 is 1.33 bits per heavy atom. The number of Topliss-reactive ketones (excluding diaryl/α,β-unsaturated/α-hetero) is 1. The van der Waals surface area contributed by atoms with Crippen LogP contribution in [0.2, 0.25) is 0 Å². The van der Waals surface area contributed by atoms with Gasteiger partial charge in [0.25, 0.3) is 0 Å². The van der Waals surface area contributed by atoms with Crippen LogP contribution in [0.3, 0.4) is 0 Å². The maximum Gasteiger partial charge on any atom is 0.165 e. The Bertz CT molecular complexity index is 470. The van der Waals surface area contributed by atoms with E-state index >= 15 is 0 Å². The average Bonchev–Trinajstić information content (AvgIpc) is 2.52. The zero-order valence-electron chi connectivity index (χ0n) is 13.2. The molecule has 3 nitrogen and oxygen atoms in total. The average molecular weight is 306 g/mol. The van der Waals surface area contributed by atoms with Crippen molar-refractivity contribution in [3.05, 3.63) is 29.3 Å². The molecule has 1 aromatic carbocycles. The second kappa shape index (κ2) is 8.57. The van der Waals surface area contributed by atoms with Crippen LogP contribution < -0.4 is 5.32 Å². The molecule has 0 unspecified atom stereocenters. The zero-order valence-corrected chi connectivity index (χ0v) is 14.0. The van der Waals surface area contributed by atoms with Gasteiger partial charge in [-0.2, -0.15) is 0 Å². The number of aryl methyl sites for hydroxylation is 1. The molecule has 0 aliphatic carbocycles. The standard InChI is InChI=1S/C17H26N2OS/c1-3-12-21-17-5-4-14(2)13-15(17)16(20)6-9-19-10-7-18-8-11-19/h4-5,13,18H,3,6-12H2,1-2H3. The Labute approximate surface area is 132 Å². The first-order chi connectivity index (χ1) is 10.2. The molecule has 1 aliphatic rings. The minimum Gasteiger partial charge on any atom is -0.314 e. The Balaban J connectivity index is 1.97. The molecular weight excluding hydrogens is 280 g/mol. The first-order valence-electron chi connectivity index (χ1n) is 7.90. The van der Waals surface area contributed by atoms with E-state index < -0.39 is 0 Å². The number of hydrogen-bond donors (Lipinski definition) is 1. The van der Waals surface area contributed by atoms with E-state index in [0.717, 1.165) is 55.4 Å². The van der Waals surface area contributed by atoms with Crippen LogP contribution >= 0.6 is 11.8 Å². The summed E-state index contributed by atoms with van der Waals surface area (Å²) in [7, 11) is 0. The quantitative estimate of drug-likeness (QED) is 0.620. The number of hydrogen-bond acceptors (Lipinski definition) is 4. The van der Waals surface area contributed by atoms with E-state index in [4.69, 9.17) is 0 Å². The maximum absolute atomic E-state index is 12.6. The first kappa shape index (κ1) is 16.5. The van der Waals surface area contributed by atoms with Gasteiger partial charge in [-0.1, -0.05) is 18.6 Å². The summed E-state index contributed by atoms with van der Waals surface area (Å²) in [6, 6.07) is 6.26. The molecule has 0 spiro atoms. The molecule has 1 aromatic rings. The first-order valence-corrected chi connectivity index (χ1v) is 8.89. The van der Waals surface area contributed by atoms with Gasteiger partial charge < -0.3 is 10.2 Å². The number of piperazine rings is 1. The summed E-state index contributed by atoms with van der Waals surface area (Å²) < 4.78 is 0. The van der Waals surface area contributed by atoms with E-state index in [9.17, 15) is 4.79 Å². The SMILES string of the molecule is CCCSc1ccc(C)cc1C(=O)CCN1CCNCC1. The second-order valence-corrected chi connectivity index (χ2v) is 6.75. The predicted octanol–water partition coefficient (Wildman–Crippen LogP) is 2.98. The highest BCUT2D eigenvalue weighted by molar-refractivity contribution is 7.99. The molecule has 4 heteroatoms. The highest BCUT2D eigenvalue weighted by Gasteiger charge is 2.15. The van der Waals surface area contributed by atoms with Crippen molar-refractivity contribution in [2.24, 2.45) is 0 Å². The molecule has 1 aliphatic heterocycles. The molecule has 116 valence electrons. The fourth-order valence-corrected chi connectivity index (χ4v) is 3.45. The third-order valence-corrected chi connectivity index (χ3v) is 5.04. The van der Waals surface area contributed by atoms with Gasteiger partial charge in [0, 0.05) is 49.6 Å². The largest absolute Gasteiger partial charge is 0.314 e. The molecule has 2 rings (SSSR count). The molecule has 1 fully saturated rings. The van der Waals surface area contributed by atoms with E-state index in [2.05, 4.69) is 42.3 Å². The van der Waals surface area contributed by atoms with Gasteiger partial charge in [0.1, 0.15) is 0 Å². The van der Waals surface area contributed by atoms with Crippen LogP contribution in [-0.2, 0) is 0 Å². The number of nitrogens with one attached hydrogen (secondary N) is 1. The number of nitrogens with zero attached hydrogens (tertiary/aromatic N) is 1. The van der Waals surface area contributed by atoms with Crippen LogP contribution in [0.25, 0.3) is 0 Å². The van der Waals surface area contributed by atoms with Gasteiger partial charge >= 0.3 is 0 Å². The Morgan fingerprint density at radius 3 is 2.81 bits per heavy atom. The van der Waals surface area contributed by atoms with Gasteiger partial charge in [0.2, 0.25) is 0 Å². The van der Waals surface area contributed by atoms with Gasteiger partial charge in [-0.15, -0.1) is 11.8 Å². The summed E-state index contributed by atoms with van der Waals surface area (Å²) >= 11 is 1.80.